The molecule has 1 aliphatic rings. The van der Waals surface area contributed by atoms with Gasteiger partial charge in [0.25, 0.3) is 0 Å². The number of alkyl halides is 3. The Hall–Kier alpha value is -2.18. The Morgan fingerprint density at radius 3 is 2.60 bits per heavy atom. The molecule has 2 N–H and O–H groups in total. The smallest absolute Gasteiger partial charge is 0.397 e. The van der Waals surface area contributed by atoms with Gasteiger partial charge in [-0.1, -0.05) is 6.92 Å². The van der Waals surface area contributed by atoms with E-state index in [0.717, 1.165) is 16.7 Å². The minimum Gasteiger partial charge on any atom is -0.461 e. The van der Waals surface area contributed by atoms with Crippen LogP contribution >= 0.6 is 11.3 Å². The topological polar surface area (TPSA) is 99.0 Å². The quantitative estimate of drug-likeness (QED) is 0.664. The summed E-state index contributed by atoms with van der Waals surface area (Å²) in [6.45, 7) is 2.35. The Morgan fingerprint density at radius 2 is 2.00 bits per heavy atom. The highest BCUT2D eigenvalue weighted by molar-refractivity contribution is 7.18. The van der Waals surface area contributed by atoms with Crippen molar-refractivity contribution in [2.24, 2.45) is 0 Å². The van der Waals surface area contributed by atoms with Crippen LogP contribution in [0.2, 0.25) is 0 Å². The van der Waals surface area contributed by atoms with Gasteiger partial charge in [0.05, 0.1) is 12.0 Å². The predicted octanol–water partition coefficient (Wildman–Crippen LogP) is 1.59. The summed E-state index contributed by atoms with van der Waals surface area (Å²) in [6, 6.07) is 2.02. The van der Waals surface area contributed by atoms with Crippen LogP contribution in [-0.2, 0) is 11.2 Å². The van der Waals surface area contributed by atoms with Crippen molar-refractivity contribution in [2.75, 3.05) is 44.3 Å². The fourth-order valence-corrected chi connectivity index (χ4v) is 4.04. The number of amides is 1. The summed E-state index contributed by atoms with van der Waals surface area (Å²) in [4.78, 5) is 25.5. The Balaban J connectivity index is 1.79. The normalized spacial score (nSPS) is 16.2. The van der Waals surface area contributed by atoms with E-state index in [9.17, 15) is 23.1 Å². The highest BCUT2D eigenvalue weighted by Gasteiger charge is 2.34. The van der Waals surface area contributed by atoms with Crippen LogP contribution in [0.3, 0.4) is 0 Å². The number of aliphatic hydroxyl groups is 2. The molecule has 8 nitrogen and oxygen atoms in total. The first kappa shape index (κ1) is 22.5. The second-order valence-corrected chi connectivity index (χ2v) is 8.04. The van der Waals surface area contributed by atoms with Gasteiger partial charge < -0.3 is 24.7 Å². The maximum Gasteiger partial charge on any atom is 0.397 e. The van der Waals surface area contributed by atoms with Crippen LogP contribution in [0.25, 0.3) is 10.2 Å². The summed E-state index contributed by atoms with van der Waals surface area (Å²) in [5.41, 5.74) is 0. The van der Waals surface area contributed by atoms with Gasteiger partial charge in [0, 0.05) is 31.1 Å². The zero-order valence-electron chi connectivity index (χ0n) is 16.4. The summed E-state index contributed by atoms with van der Waals surface area (Å²) < 4.78 is 42.9. The molecule has 12 heteroatoms. The largest absolute Gasteiger partial charge is 0.461 e. The van der Waals surface area contributed by atoms with Crippen molar-refractivity contribution in [2.45, 2.75) is 32.0 Å². The highest BCUT2D eigenvalue weighted by Crippen LogP contribution is 2.33. The Morgan fingerprint density at radius 1 is 1.30 bits per heavy atom. The van der Waals surface area contributed by atoms with Gasteiger partial charge in [-0.2, -0.15) is 23.1 Å². The second-order valence-electron chi connectivity index (χ2n) is 6.92. The molecule has 3 rings (SSSR count). The van der Waals surface area contributed by atoms with Crippen molar-refractivity contribution < 1.29 is 32.9 Å². The molecule has 1 aliphatic heterocycles. The lowest BCUT2D eigenvalue weighted by Crippen LogP contribution is -2.49. The van der Waals surface area contributed by atoms with Crippen LogP contribution in [0.1, 0.15) is 18.2 Å². The number of anilines is 1. The number of nitrogens with zero attached hydrogens (tertiary/aromatic N) is 4. The van der Waals surface area contributed by atoms with E-state index in [2.05, 4.69) is 9.97 Å². The molecule has 3 heterocycles. The van der Waals surface area contributed by atoms with Gasteiger partial charge in [0.15, 0.2) is 0 Å². The lowest BCUT2D eigenvalue weighted by Gasteiger charge is -2.35. The Bertz CT molecular complexity index is 884. The third-order valence-electron chi connectivity index (χ3n) is 4.65. The first-order chi connectivity index (χ1) is 14.2. The van der Waals surface area contributed by atoms with Gasteiger partial charge in [-0.05, 0) is 12.5 Å². The van der Waals surface area contributed by atoms with E-state index in [4.69, 9.17) is 9.84 Å². The molecule has 30 heavy (non-hydrogen) atoms. The van der Waals surface area contributed by atoms with Crippen LogP contribution in [0.4, 0.5) is 19.0 Å². The van der Waals surface area contributed by atoms with Crippen LogP contribution in [-0.4, -0.2) is 82.7 Å². The number of rotatable bonds is 7. The summed E-state index contributed by atoms with van der Waals surface area (Å²) in [5, 5.41) is 19.2. The molecule has 1 saturated heterocycles. The average molecular weight is 448 g/mol. The number of carbonyl (C=O) groups excluding carboxylic acids is 1. The highest BCUT2D eigenvalue weighted by atomic mass is 32.1. The fraction of sp³-hybridized carbons (Fsp3) is 0.611. The Kier molecular flexibility index (Phi) is 6.98. The number of fused-ring (bicyclic) bond motifs is 1. The van der Waals surface area contributed by atoms with E-state index in [0.29, 0.717) is 23.7 Å². The van der Waals surface area contributed by atoms with E-state index in [1.54, 1.807) is 0 Å². The zero-order chi connectivity index (χ0) is 21.9. The number of aryl methyl sites for hydroxylation is 1. The van der Waals surface area contributed by atoms with E-state index >= 15 is 0 Å². The maximum atomic E-state index is 12.5. The van der Waals surface area contributed by atoms with Crippen molar-refractivity contribution in [1.82, 2.24) is 14.9 Å². The van der Waals surface area contributed by atoms with Crippen LogP contribution in [0, 0.1) is 0 Å². The van der Waals surface area contributed by atoms with Gasteiger partial charge in [0.1, 0.15) is 29.8 Å². The Labute approximate surface area is 174 Å². The number of hydrogen-bond donors (Lipinski definition) is 2. The molecule has 1 amide bonds. The number of hydrogen-bond acceptors (Lipinski definition) is 8. The van der Waals surface area contributed by atoms with Gasteiger partial charge in [-0.15, -0.1) is 11.3 Å². The molecule has 166 valence electrons. The first-order valence-corrected chi connectivity index (χ1v) is 10.3. The third kappa shape index (κ3) is 5.49. The van der Waals surface area contributed by atoms with Crippen molar-refractivity contribution in [3.8, 4) is 6.01 Å². The molecule has 0 bridgehead atoms. The lowest BCUT2D eigenvalue weighted by atomic mass is 10.2. The fourth-order valence-electron chi connectivity index (χ4n) is 3.09. The number of thiophene rings is 1. The molecule has 1 fully saturated rings. The van der Waals surface area contributed by atoms with Crippen molar-refractivity contribution >= 4 is 33.3 Å². The molecule has 0 aliphatic carbocycles. The molecule has 0 spiro atoms. The minimum absolute atomic E-state index is 0.0464. The predicted molar refractivity (Wildman–Crippen MR) is 105 cm³/mol. The molecule has 0 aromatic carbocycles. The monoisotopic (exact) mass is 448 g/mol. The van der Waals surface area contributed by atoms with Crippen molar-refractivity contribution in [3.05, 3.63) is 10.9 Å². The number of carbonyl (C=O) groups is 1. The molecule has 2 aromatic rings. The molecule has 0 saturated carbocycles. The number of aromatic nitrogens is 2. The van der Waals surface area contributed by atoms with Crippen LogP contribution < -0.4 is 9.64 Å². The molecule has 0 radical (unpaired) electrons. The second kappa shape index (κ2) is 9.31. The number of halogens is 3. The van der Waals surface area contributed by atoms with Crippen LogP contribution in [0.5, 0.6) is 6.01 Å². The number of aliphatic hydroxyl groups excluding tert-OH is 2. The van der Waals surface area contributed by atoms with E-state index < -0.39 is 31.2 Å². The molecular weight excluding hydrogens is 425 g/mol. The maximum absolute atomic E-state index is 12.5. The van der Waals surface area contributed by atoms with Crippen molar-refractivity contribution in [1.29, 1.82) is 0 Å². The van der Waals surface area contributed by atoms with E-state index in [1.165, 1.54) is 16.2 Å². The number of ether oxygens (including phenoxy) is 1. The third-order valence-corrected chi connectivity index (χ3v) is 5.82. The van der Waals surface area contributed by atoms with Gasteiger partial charge in [0.2, 0.25) is 5.91 Å². The summed E-state index contributed by atoms with van der Waals surface area (Å²) >= 11 is 1.48. The van der Waals surface area contributed by atoms with Crippen molar-refractivity contribution in [3.63, 3.8) is 0 Å². The molecular formula is C18H23F3N4O4S. The molecule has 2 aromatic heterocycles. The summed E-state index contributed by atoms with van der Waals surface area (Å²) in [7, 11) is 0. The summed E-state index contributed by atoms with van der Waals surface area (Å²) in [5.74, 6) is -0.354. The van der Waals surface area contributed by atoms with Gasteiger partial charge in [-0.3, -0.25) is 4.79 Å². The number of piperazine rings is 1. The van der Waals surface area contributed by atoms with Gasteiger partial charge in [-0.25, -0.2) is 0 Å². The average Bonchev–Trinajstić information content (AvgIpc) is 3.13. The summed E-state index contributed by atoms with van der Waals surface area (Å²) in [6.07, 6.45) is -6.24. The molecule has 1 atom stereocenters. The lowest BCUT2D eigenvalue weighted by molar-refractivity contribution is -0.161. The van der Waals surface area contributed by atoms with E-state index in [-0.39, 0.29) is 25.7 Å². The van der Waals surface area contributed by atoms with E-state index in [1.807, 2.05) is 17.9 Å². The standard InChI is InChI=1S/C18H23F3N4O4S/c1-2-12-7-13-15(22-17(23-16(13)30-12)29-10-11(27)9-26)25-5-3-24(4-6-25)14(28)8-18(19,20)21/h7,11,26-27H,2-6,8-10H2,1H3/t11-/m1/s1. The minimum atomic E-state index is -4.52. The molecule has 0 unspecified atom stereocenters. The van der Waals surface area contributed by atoms with Gasteiger partial charge >= 0.3 is 12.2 Å². The SMILES string of the molecule is CCc1cc2c(N3CCN(C(=O)CC(F)(F)F)CC3)nc(OC[C@H](O)CO)nc2s1. The van der Waals surface area contributed by atoms with Crippen LogP contribution in [0.15, 0.2) is 6.07 Å². The first-order valence-electron chi connectivity index (χ1n) is 9.51. The zero-order valence-corrected chi connectivity index (χ0v) is 17.2.